The minimum absolute atomic E-state index is 0.143. The lowest BCUT2D eigenvalue weighted by atomic mass is 9.68. The molecule has 20 heavy (non-hydrogen) atoms. The van der Waals surface area contributed by atoms with E-state index < -0.39 is 7.12 Å². The topological polar surface area (TPSA) is 40.0 Å². The van der Waals surface area contributed by atoms with Crippen molar-refractivity contribution in [3.05, 3.63) is 11.2 Å². The molecular formula is C14H21BClNO3. The molecule has 1 saturated carbocycles. The number of halogens is 1. The molecule has 0 spiro atoms. The highest BCUT2D eigenvalue weighted by Crippen LogP contribution is 2.45. The van der Waals surface area contributed by atoms with E-state index in [1.165, 1.54) is 0 Å². The fraction of sp³-hybridized carbons (Fsp3) is 0.786. The summed E-state index contributed by atoms with van der Waals surface area (Å²) in [6.07, 6.45) is 5.85. The predicted molar refractivity (Wildman–Crippen MR) is 80.2 cm³/mol. The van der Waals surface area contributed by atoms with E-state index in [0.29, 0.717) is 11.1 Å². The lowest BCUT2D eigenvalue weighted by Gasteiger charge is -2.32. The highest BCUT2D eigenvalue weighted by atomic mass is 35.5. The van der Waals surface area contributed by atoms with Crippen LogP contribution in [-0.2, 0) is 14.0 Å². The van der Waals surface area contributed by atoms with Gasteiger partial charge in [0, 0.05) is 17.4 Å². The van der Waals surface area contributed by atoms with Crippen LogP contribution in [0, 0.1) is 0 Å². The van der Waals surface area contributed by atoms with Crippen molar-refractivity contribution < 1.29 is 14.0 Å². The van der Waals surface area contributed by atoms with Crippen molar-refractivity contribution in [2.75, 3.05) is 0 Å². The van der Waals surface area contributed by atoms with Crippen LogP contribution in [0.4, 0.5) is 0 Å². The van der Waals surface area contributed by atoms with Crippen molar-refractivity contribution in [2.24, 2.45) is 4.99 Å². The summed E-state index contributed by atoms with van der Waals surface area (Å²) in [6.45, 7) is 8.16. The summed E-state index contributed by atoms with van der Waals surface area (Å²) in [5, 5.41) is 0.636. The van der Waals surface area contributed by atoms with E-state index in [1.807, 2.05) is 27.7 Å². The third-order valence-corrected chi connectivity index (χ3v) is 4.89. The van der Waals surface area contributed by atoms with Crippen LogP contribution in [0.3, 0.4) is 0 Å². The van der Waals surface area contributed by atoms with E-state index in [4.69, 9.17) is 25.6 Å². The Morgan fingerprint density at radius 3 is 2.40 bits per heavy atom. The Labute approximate surface area is 125 Å². The Morgan fingerprint density at radius 1 is 1.25 bits per heavy atom. The molecule has 0 aromatic rings. The predicted octanol–water partition coefficient (Wildman–Crippen LogP) is 3.16. The highest BCUT2D eigenvalue weighted by molar-refractivity contribution is 6.53. The SMILES string of the molecule is CC1(C)OB(C2C(Cl)=CN=CC2OC2CC2)OC1(C)C. The summed E-state index contributed by atoms with van der Waals surface area (Å²) in [6, 6.07) is 0. The fourth-order valence-electron chi connectivity index (χ4n) is 2.40. The van der Waals surface area contributed by atoms with Gasteiger partial charge in [0.1, 0.15) is 0 Å². The van der Waals surface area contributed by atoms with Gasteiger partial charge in [-0.3, -0.25) is 4.99 Å². The maximum Gasteiger partial charge on any atom is 0.469 e. The summed E-state index contributed by atoms with van der Waals surface area (Å²) in [5.41, 5.74) is -0.735. The van der Waals surface area contributed by atoms with E-state index in [0.717, 1.165) is 12.8 Å². The molecule has 2 fully saturated rings. The van der Waals surface area contributed by atoms with Crippen LogP contribution in [0.5, 0.6) is 0 Å². The Balaban J connectivity index is 1.80. The van der Waals surface area contributed by atoms with Crippen molar-refractivity contribution in [1.82, 2.24) is 0 Å². The summed E-state index contributed by atoms with van der Waals surface area (Å²) < 4.78 is 18.2. The molecule has 2 atom stereocenters. The Kier molecular flexibility index (Phi) is 3.52. The number of aliphatic imine (C=N–C) groups is 1. The Bertz CT molecular complexity index is 443. The van der Waals surface area contributed by atoms with Crippen LogP contribution in [0.1, 0.15) is 40.5 Å². The molecule has 2 aliphatic heterocycles. The van der Waals surface area contributed by atoms with Crippen molar-refractivity contribution in [1.29, 1.82) is 0 Å². The number of nitrogens with zero attached hydrogens (tertiary/aromatic N) is 1. The zero-order chi connectivity index (χ0) is 14.5. The average molecular weight is 298 g/mol. The van der Waals surface area contributed by atoms with Crippen LogP contribution < -0.4 is 0 Å². The van der Waals surface area contributed by atoms with Crippen LogP contribution in [-0.4, -0.2) is 36.7 Å². The molecule has 110 valence electrons. The first-order valence-corrected chi connectivity index (χ1v) is 7.58. The Morgan fingerprint density at radius 2 is 1.85 bits per heavy atom. The third-order valence-electron chi connectivity index (χ3n) is 4.54. The zero-order valence-corrected chi connectivity index (χ0v) is 13.2. The minimum atomic E-state index is -0.403. The third kappa shape index (κ3) is 2.57. The van der Waals surface area contributed by atoms with Gasteiger partial charge in [-0.25, -0.2) is 0 Å². The van der Waals surface area contributed by atoms with Gasteiger partial charge < -0.3 is 14.0 Å². The van der Waals surface area contributed by atoms with Gasteiger partial charge in [-0.2, -0.15) is 0 Å². The van der Waals surface area contributed by atoms with Crippen molar-refractivity contribution in [3.63, 3.8) is 0 Å². The number of hydrogen-bond acceptors (Lipinski definition) is 4. The first-order chi connectivity index (χ1) is 9.30. The summed E-state index contributed by atoms with van der Waals surface area (Å²) in [5.74, 6) is -0.143. The normalized spacial score (nSPS) is 35.2. The molecule has 4 nitrogen and oxygen atoms in total. The smallest absolute Gasteiger partial charge is 0.403 e. The summed E-state index contributed by atoms with van der Waals surface area (Å²) >= 11 is 6.35. The number of ether oxygens (including phenoxy) is 1. The second kappa shape index (κ2) is 4.84. The van der Waals surface area contributed by atoms with Gasteiger partial charge in [-0.15, -0.1) is 0 Å². The monoisotopic (exact) mass is 297 g/mol. The second-order valence-electron chi connectivity index (χ2n) is 6.76. The first-order valence-electron chi connectivity index (χ1n) is 7.20. The van der Waals surface area contributed by atoms with Crippen molar-refractivity contribution >= 4 is 24.9 Å². The molecule has 0 N–H and O–H groups in total. The van der Waals surface area contributed by atoms with E-state index >= 15 is 0 Å². The molecule has 0 aromatic carbocycles. The molecule has 2 unspecified atom stereocenters. The van der Waals surface area contributed by atoms with E-state index in [9.17, 15) is 0 Å². The van der Waals surface area contributed by atoms with Crippen LogP contribution >= 0.6 is 11.6 Å². The molecule has 3 aliphatic rings. The van der Waals surface area contributed by atoms with Crippen molar-refractivity contribution in [3.8, 4) is 0 Å². The van der Waals surface area contributed by atoms with Crippen LogP contribution in [0.2, 0.25) is 5.82 Å². The van der Waals surface area contributed by atoms with Crippen LogP contribution in [0.15, 0.2) is 16.2 Å². The number of rotatable bonds is 3. The average Bonchev–Trinajstić information content (AvgIpc) is 3.07. The molecule has 6 heteroatoms. The lowest BCUT2D eigenvalue weighted by molar-refractivity contribution is 0.00578. The van der Waals surface area contributed by atoms with Crippen LogP contribution in [0.25, 0.3) is 0 Å². The minimum Gasteiger partial charge on any atom is -0.403 e. The molecule has 0 aromatic heterocycles. The van der Waals surface area contributed by atoms with E-state index in [1.54, 1.807) is 12.4 Å². The standard InChI is InChI=1S/C14H21BClNO3/c1-13(2)14(3,4)20-15(19-13)12-10(16)7-17-8-11(12)18-9-5-6-9/h7-9,11-12H,5-6H2,1-4H3. The number of hydrogen-bond donors (Lipinski definition) is 0. The van der Waals surface area contributed by atoms with Gasteiger partial charge in [0.15, 0.2) is 0 Å². The Hall–Kier alpha value is -0.355. The molecule has 3 rings (SSSR count). The quantitative estimate of drug-likeness (QED) is 0.751. The maximum absolute atomic E-state index is 6.35. The first kappa shape index (κ1) is 14.6. The zero-order valence-electron chi connectivity index (χ0n) is 12.4. The van der Waals surface area contributed by atoms with Gasteiger partial charge in [0.05, 0.1) is 29.2 Å². The second-order valence-corrected chi connectivity index (χ2v) is 7.20. The van der Waals surface area contributed by atoms with Gasteiger partial charge in [-0.1, -0.05) is 11.6 Å². The van der Waals surface area contributed by atoms with E-state index in [-0.39, 0.29) is 23.1 Å². The fourth-order valence-corrected chi connectivity index (χ4v) is 2.68. The van der Waals surface area contributed by atoms with Gasteiger partial charge in [-0.05, 0) is 40.5 Å². The largest absolute Gasteiger partial charge is 0.469 e. The van der Waals surface area contributed by atoms with E-state index in [2.05, 4.69) is 4.99 Å². The molecule has 1 saturated heterocycles. The molecular weight excluding hydrogens is 276 g/mol. The molecule has 0 bridgehead atoms. The lowest BCUT2D eigenvalue weighted by Crippen LogP contribution is -2.41. The van der Waals surface area contributed by atoms with Crippen molar-refractivity contribution in [2.45, 2.75) is 69.8 Å². The molecule has 0 radical (unpaired) electrons. The molecule has 0 amide bonds. The maximum atomic E-state index is 6.35. The summed E-state index contributed by atoms with van der Waals surface area (Å²) in [4.78, 5) is 4.16. The van der Waals surface area contributed by atoms with Gasteiger partial charge in [0.25, 0.3) is 0 Å². The van der Waals surface area contributed by atoms with Gasteiger partial charge >= 0.3 is 7.12 Å². The summed E-state index contributed by atoms with van der Waals surface area (Å²) in [7, 11) is -0.403. The molecule has 2 heterocycles. The highest BCUT2D eigenvalue weighted by Gasteiger charge is 2.56. The van der Waals surface area contributed by atoms with Gasteiger partial charge in [0.2, 0.25) is 0 Å². The molecule has 1 aliphatic carbocycles.